The van der Waals surface area contributed by atoms with Gasteiger partial charge in [0, 0.05) is 24.2 Å². The summed E-state index contributed by atoms with van der Waals surface area (Å²) < 4.78 is 0. The molecule has 0 spiro atoms. The summed E-state index contributed by atoms with van der Waals surface area (Å²) in [6.07, 6.45) is 4.06. The lowest BCUT2D eigenvalue weighted by atomic mass is 10.1. The lowest BCUT2D eigenvalue weighted by molar-refractivity contribution is -0.117. The van der Waals surface area contributed by atoms with Gasteiger partial charge in [-0.05, 0) is 25.9 Å². The van der Waals surface area contributed by atoms with Crippen LogP contribution < -0.4 is 10.6 Å². The van der Waals surface area contributed by atoms with Gasteiger partial charge < -0.3 is 10.6 Å². The number of hydrogen-bond acceptors (Lipinski definition) is 5. The Morgan fingerprint density at radius 3 is 3.22 bits per heavy atom. The van der Waals surface area contributed by atoms with Crippen LogP contribution in [-0.4, -0.2) is 48.0 Å². The number of nitrogens with one attached hydrogen (secondary N) is 2. The highest BCUT2D eigenvalue weighted by atomic mass is 32.1. The maximum atomic E-state index is 11.9. The molecule has 1 aromatic rings. The number of aromatic nitrogens is 1. The monoisotopic (exact) mass is 268 g/mol. The number of carbonyl (C=O) groups excluding carboxylic acids is 1. The molecule has 2 heterocycles. The van der Waals surface area contributed by atoms with E-state index in [0.717, 1.165) is 19.6 Å². The molecule has 0 radical (unpaired) electrons. The molecule has 1 aliphatic rings. The van der Waals surface area contributed by atoms with E-state index in [4.69, 9.17) is 0 Å². The van der Waals surface area contributed by atoms with Crippen molar-refractivity contribution in [2.75, 3.05) is 31.5 Å². The average Bonchev–Trinajstić information content (AvgIpc) is 2.90. The minimum absolute atomic E-state index is 0.0253. The van der Waals surface area contributed by atoms with E-state index >= 15 is 0 Å². The largest absolute Gasteiger partial charge is 0.315 e. The van der Waals surface area contributed by atoms with Gasteiger partial charge in [0.1, 0.15) is 0 Å². The van der Waals surface area contributed by atoms with Crippen molar-refractivity contribution in [3.8, 4) is 0 Å². The van der Waals surface area contributed by atoms with Crippen LogP contribution in [0.1, 0.15) is 19.8 Å². The van der Waals surface area contributed by atoms with Crippen LogP contribution >= 0.6 is 11.3 Å². The lowest BCUT2D eigenvalue weighted by Gasteiger charge is -2.33. The summed E-state index contributed by atoms with van der Waals surface area (Å²) in [6, 6.07) is 0.478. The molecular weight excluding hydrogens is 248 g/mol. The molecule has 6 heteroatoms. The number of thiazole rings is 1. The van der Waals surface area contributed by atoms with Gasteiger partial charge >= 0.3 is 0 Å². The normalized spacial score (nSPS) is 20.0. The zero-order valence-electron chi connectivity index (χ0n) is 10.7. The summed E-state index contributed by atoms with van der Waals surface area (Å²) in [5.74, 6) is 0.0253. The van der Waals surface area contributed by atoms with Crippen LogP contribution in [0.4, 0.5) is 5.13 Å². The molecule has 18 heavy (non-hydrogen) atoms. The molecule has 2 rings (SSSR count). The number of carbonyl (C=O) groups is 1. The molecular formula is C12H20N4OS. The van der Waals surface area contributed by atoms with Gasteiger partial charge in [-0.3, -0.25) is 9.69 Å². The Labute approximate surface area is 112 Å². The molecule has 0 bridgehead atoms. The fourth-order valence-corrected chi connectivity index (χ4v) is 2.82. The predicted octanol–water partition coefficient (Wildman–Crippen LogP) is 1.16. The number of rotatable bonds is 5. The standard InChI is InChI=1S/C12H20N4OS/c1-2-16(10-4-3-5-13-8-10)9-11(17)15-12-14-6-7-18-12/h6-7,10,13H,2-5,8-9H2,1H3,(H,14,15,17). The van der Waals surface area contributed by atoms with E-state index in [-0.39, 0.29) is 5.91 Å². The molecule has 1 saturated heterocycles. The highest BCUT2D eigenvalue weighted by Crippen LogP contribution is 2.12. The van der Waals surface area contributed by atoms with Gasteiger partial charge in [0.25, 0.3) is 0 Å². The summed E-state index contributed by atoms with van der Waals surface area (Å²) in [4.78, 5) is 18.2. The van der Waals surface area contributed by atoms with Crippen LogP contribution in [-0.2, 0) is 4.79 Å². The minimum Gasteiger partial charge on any atom is -0.315 e. The first-order valence-corrected chi connectivity index (χ1v) is 7.31. The van der Waals surface area contributed by atoms with Crippen molar-refractivity contribution in [2.45, 2.75) is 25.8 Å². The summed E-state index contributed by atoms with van der Waals surface area (Å²) in [7, 11) is 0. The zero-order chi connectivity index (χ0) is 12.8. The van der Waals surface area contributed by atoms with Crippen LogP contribution in [0.25, 0.3) is 0 Å². The lowest BCUT2D eigenvalue weighted by Crippen LogP contribution is -2.48. The second-order valence-corrected chi connectivity index (χ2v) is 5.34. The Hall–Kier alpha value is -0.980. The smallest absolute Gasteiger partial charge is 0.240 e. The highest BCUT2D eigenvalue weighted by molar-refractivity contribution is 7.13. The van der Waals surface area contributed by atoms with Gasteiger partial charge in [-0.1, -0.05) is 6.92 Å². The molecule has 0 saturated carbocycles. The first kappa shape index (κ1) is 13.5. The third kappa shape index (κ3) is 3.76. The van der Waals surface area contributed by atoms with Crippen molar-refractivity contribution >= 4 is 22.4 Å². The molecule has 0 aromatic carbocycles. The van der Waals surface area contributed by atoms with Crippen molar-refractivity contribution in [1.29, 1.82) is 0 Å². The third-order valence-electron chi connectivity index (χ3n) is 3.22. The third-order valence-corrected chi connectivity index (χ3v) is 3.91. The first-order chi connectivity index (χ1) is 8.79. The fraction of sp³-hybridized carbons (Fsp3) is 0.667. The molecule has 100 valence electrons. The molecule has 0 aliphatic carbocycles. The van der Waals surface area contributed by atoms with Gasteiger partial charge in [-0.15, -0.1) is 11.3 Å². The predicted molar refractivity (Wildman–Crippen MR) is 73.9 cm³/mol. The number of amides is 1. The molecule has 1 aliphatic heterocycles. The SMILES string of the molecule is CCN(CC(=O)Nc1nccs1)C1CCCNC1. The molecule has 2 N–H and O–H groups in total. The van der Waals surface area contributed by atoms with Gasteiger partial charge in [0.15, 0.2) is 5.13 Å². The van der Waals surface area contributed by atoms with Crippen LogP contribution in [0.5, 0.6) is 0 Å². The Balaban J connectivity index is 1.83. The number of likely N-dealkylation sites (N-methyl/N-ethyl adjacent to an activating group) is 1. The van der Waals surface area contributed by atoms with E-state index in [9.17, 15) is 4.79 Å². The molecule has 1 atom stereocenters. The Morgan fingerprint density at radius 1 is 1.72 bits per heavy atom. The van der Waals surface area contributed by atoms with E-state index in [1.165, 1.54) is 24.2 Å². The number of piperidine rings is 1. The molecule has 5 nitrogen and oxygen atoms in total. The Kier molecular flexibility index (Phi) is 5.10. The summed E-state index contributed by atoms with van der Waals surface area (Å²) in [5, 5.41) is 8.75. The van der Waals surface area contributed by atoms with Crippen LogP contribution in [0, 0.1) is 0 Å². The quantitative estimate of drug-likeness (QED) is 0.841. The first-order valence-electron chi connectivity index (χ1n) is 6.43. The Morgan fingerprint density at radius 2 is 2.61 bits per heavy atom. The summed E-state index contributed by atoms with van der Waals surface area (Å²) >= 11 is 1.45. The van der Waals surface area contributed by atoms with E-state index in [1.54, 1.807) is 6.20 Å². The fourth-order valence-electron chi connectivity index (χ4n) is 2.27. The van der Waals surface area contributed by atoms with Crippen molar-refractivity contribution in [2.24, 2.45) is 0 Å². The highest BCUT2D eigenvalue weighted by Gasteiger charge is 2.21. The topological polar surface area (TPSA) is 57.3 Å². The second-order valence-electron chi connectivity index (χ2n) is 4.45. The zero-order valence-corrected chi connectivity index (χ0v) is 11.5. The minimum atomic E-state index is 0.0253. The molecule has 1 unspecified atom stereocenters. The Bertz CT molecular complexity index is 362. The van der Waals surface area contributed by atoms with Gasteiger partial charge in [-0.25, -0.2) is 4.98 Å². The van der Waals surface area contributed by atoms with Crippen molar-refractivity contribution in [1.82, 2.24) is 15.2 Å². The summed E-state index contributed by atoms with van der Waals surface area (Å²) in [6.45, 7) is 5.53. The van der Waals surface area contributed by atoms with E-state index < -0.39 is 0 Å². The van der Waals surface area contributed by atoms with Gasteiger partial charge in [-0.2, -0.15) is 0 Å². The van der Waals surface area contributed by atoms with Gasteiger partial charge in [0.05, 0.1) is 6.54 Å². The van der Waals surface area contributed by atoms with Crippen molar-refractivity contribution < 1.29 is 4.79 Å². The number of nitrogens with zero attached hydrogens (tertiary/aromatic N) is 2. The summed E-state index contributed by atoms with van der Waals surface area (Å²) in [5.41, 5.74) is 0. The maximum Gasteiger partial charge on any atom is 0.240 e. The molecule has 1 amide bonds. The van der Waals surface area contributed by atoms with Crippen LogP contribution in [0.3, 0.4) is 0 Å². The molecule has 1 aromatic heterocycles. The van der Waals surface area contributed by atoms with Crippen LogP contribution in [0.2, 0.25) is 0 Å². The van der Waals surface area contributed by atoms with Gasteiger partial charge in [0.2, 0.25) is 5.91 Å². The number of anilines is 1. The van der Waals surface area contributed by atoms with E-state index in [2.05, 4.69) is 27.4 Å². The van der Waals surface area contributed by atoms with E-state index in [0.29, 0.717) is 17.7 Å². The van der Waals surface area contributed by atoms with Crippen molar-refractivity contribution in [3.63, 3.8) is 0 Å². The van der Waals surface area contributed by atoms with E-state index in [1.807, 2.05) is 5.38 Å². The second kappa shape index (κ2) is 6.82. The number of hydrogen-bond donors (Lipinski definition) is 2. The maximum absolute atomic E-state index is 11.9. The average molecular weight is 268 g/mol. The van der Waals surface area contributed by atoms with Crippen LogP contribution in [0.15, 0.2) is 11.6 Å². The molecule has 1 fully saturated rings. The van der Waals surface area contributed by atoms with Crippen molar-refractivity contribution in [3.05, 3.63) is 11.6 Å².